The van der Waals surface area contributed by atoms with Gasteiger partial charge >= 0.3 is 11.8 Å². The van der Waals surface area contributed by atoms with Crippen molar-refractivity contribution < 1.29 is 9.53 Å². The van der Waals surface area contributed by atoms with Gasteiger partial charge in [0.2, 0.25) is 0 Å². The third kappa shape index (κ3) is 4.70. The number of hydrogen-bond acceptors (Lipinski definition) is 5. The number of carbonyl (C=O) groups is 1. The third-order valence-corrected chi connectivity index (χ3v) is 6.11. The van der Waals surface area contributed by atoms with Crippen molar-refractivity contribution in [1.82, 2.24) is 29.0 Å². The van der Waals surface area contributed by atoms with Gasteiger partial charge in [-0.3, -0.25) is 13.9 Å². The summed E-state index contributed by atoms with van der Waals surface area (Å²) in [6.45, 7) is 7.56. The Hall–Kier alpha value is -3.53. The maximum Gasteiger partial charge on any atom is 0.407 e. The van der Waals surface area contributed by atoms with Crippen molar-refractivity contribution in [3.05, 3.63) is 61.6 Å². The number of alkyl carbamates (subject to hydrolysis) is 1. The number of nitrogens with zero attached hydrogens (tertiary/aromatic N) is 4. The Labute approximate surface area is 206 Å². The summed E-state index contributed by atoms with van der Waals surface area (Å²) in [7, 11) is 3.32. The highest BCUT2D eigenvalue weighted by atomic mass is 35.5. The number of fused-ring (bicyclic) bond motifs is 2. The Balaban J connectivity index is 1.68. The van der Waals surface area contributed by atoms with Gasteiger partial charge in [0, 0.05) is 48.2 Å². The molecule has 1 unspecified atom stereocenters. The number of aryl methyl sites for hydroxylation is 2. The molecule has 11 heteroatoms. The molecule has 1 atom stereocenters. The van der Waals surface area contributed by atoms with E-state index in [1.807, 2.05) is 25.1 Å². The van der Waals surface area contributed by atoms with E-state index < -0.39 is 22.9 Å². The van der Waals surface area contributed by atoms with E-state index in [2.05, 4.69) is 15.3 Å². The second kappa shape index (κ2) is 8.92. The van der Waals surface area contributed by atoms with Crippen molar-refractivity contribution in [2.24, 2.45) is 14.1 Å². The summed E-state index contributed by atoms with van der Waals surface area (Å²) in [5.41, 5.74) is 0.581. The van der Waals surface area contributed by atoms with Gasteiger partial charge in [0.05, 0.1) is 6.54 Å². The zero-order chi connectivity index (χ0) is 25.7. The van der Waals surface area contributed by atoms with E-state index in [0.717, 1.165) is 10.9 Å². The summed E-state index contributed by atoms with van der Waals surface area (Å²) in [6.07, 6.45) is -0.531. The highest BCUT2D eigenvalue weighted by Crippen LogP contribution is 2.24. The van der Waals surface area contributed by atoms with E-state index in [1.165, 1.54) is 9.13 Å². The Morgan fingerprint density at radius 1 is 1.23 bits per heavy atom. The number of carbonyl (C=O) groups excluding carboxylic acids is 1. The first kappa shape index (κ1) is 24.6. The average molecular weight is 501 g/mol. The molecule has 4 rings (SSSR count). The van der Waals surface area contributed by atoms with Crippen LogP contribution in [0, 0.1) is 0 Å². The van der Waals surface area contributed by atoms with Crippen LogP contribution in [-0.4, -0.2) is 41.9 Å². The predicted molar refractivity (Wildman–Crippen MR) is 135 cm³/mol. The summed E-state index contributed by atoms with van der Waals surface area (Å²) in [4.78, 5) is 46.4. The van der Waals surface area contributed by atoms with E-state index in [9.17, 15) is 14.4 Å². The Bertz CT molecular complexity index is 1550. The molecule has 0 bridgehead atoms. The van der Waals surface area contributed by atoms with Crippen LogP contribution in [0.15, 0.2) is 33.9 Å². The Kier molecular flexibility index (Phi) is 6.27. The summed E-state index contributed by atoms with van der Waals surface area (Å²) < 4.78 is 9.50. The number of H-pyrrole nitrogens is 1. The second-order valence-electron chi connectivity index (χ2n) is 9.71. The molecule has 2 N–H and O–H groups in total. The molecular weight excluding hydrogens is 472 g/mol. The quantitative estimate of drug-likeness (QED) is 0.436. The monoisotopic (exact) mass is 500 g/mol. The van der Waals surface area contributed by atoms with E-state index in [4.69, 9.17) is 16.3 Å². The van der Waals surface area contributed by atoms with Crippen molar-refractivity contribution in [1.29, 1.82) is 0 Å². The number of ether oxygens (including phenoxy) is 1. The summed E-state index contributed by atoms with van der Waals surface area (Å²) in [5, 5.41) is 4.14. The Morgan fingerprint density at radius 2 is 1.94 bits per heavy atom. The number of aromatic nitrogens is 5. The zero-order valence-corrected chi connectivity index (χ0v) is 21.4. The molecule has 4 aromatic rings. The number of imidazole rings is 1. The maximum absolute atomic E-state index is 13.4. The average Bonchev–Trinajstić information content (AvgIpc) is 3.34. The number of rotatable bonds is 5. The number of halogens is 1. The molecular formula is C24H29ClN6O4. The summed E-state index contributed by atoms with van der Waals surface area (Å²) >= 11 is 6.27. The normalized spacial score (nSPS) is 12.9. The van der Waals surface area contributed by atoms with Gasteiger partial charge in [-0.15, -0.1) is 0 Å². The van der Waals surface area contributed by atoms with Crippen LogP contribution in [-0.2, 0) is 25.4 Å². The predicted octanol–water partition coefficient (Wildman–Crippen LogP) is 3.24. The fourth-order valence-corrected chi connectivity index (χ4v) is 4.34. The van der Waals surface area contributed by atoms with Crippen LogP contribution in [0.2, 0.25) is 5.02 Å². The standard InChI is InChI=1S/C24H29ClN6O4/c1-13(11-26-22(33)35-24(2,3)4)19-28-20-18(29(19)5)21(32)31(23(34)30(20)6)12-14-10-15-16(25)8-7-9-17(15)27-14/h7-10,13,27H,11-12H2,1-6H3,(H,26,33). The molecule has 0 aliphatic carbocycles. The van der Waals surface area contributed by atoms with E-state index in [1.54, 1.807) is 45.5 Å². The minimum atomic E-state index is -0.606. The first-order valence-corrected chi connectivity index (χ1v) is 11.6. The van der Waals surface area contributed by atoms with Crippen LogP contribution >= 0.6 is 11.6 Å². The van der Waals surface area contributed by atoms with Crippen LogP contribution in [0.3, 0.4) is 0 Å². The van der Waals surface area contributed by atoms with Crippen LogP contribution in [0.5, 0.6) is 0 Å². The van der Waals surface area contributed by atoms with Crippen molar-refractivity contribution in [2.75, 3.05) is 6.54 Å². The molecule has 0 saturated carbocycles. The number of benzene rings is 1. The molecule has 3 heterocycles. The number of amides is 1. The van der Waals surface area contributed by atoms with E-state index in [0.29, 0.717) is 22.1 Å². The molecule has 1 amide bonds. The molecule has 0 saturated heterocycles. The van der Waals surface area contributed by atoms with Gasteiger partial charge in [0.25, 0.3) is 5.56 Å². The molecule has 0 spiro atoms. The highest BCUT2D eigenvalue weighted by Gasteiger charge is 2.23. The van der Waals surface area contributed by atoms with Crippen molar-refractivity contribution >= 4 is 39.8 Å². The van der Waals surface area contributed by atoms with Gasteiger partial charge in [-0.05, 0) is 39.0 Å². The molecule has 0 aliphatic rings. The number of hydrogen-bond donors (Lipinski definition) is 2. The second-order valence-corrected chi connectivity index (χ2v) is 10.1. The van der Waals surface area contributed by atoms with Crippen LogP contribution < -0.4 is 16.6 Å². The van der Waals surface area contributed by atoms with Gasteiger partial charge in [-0.1, -0.05) is 24.6 Å². The van der Waals surface area contributed by atoms with Crippen molar-refractivity contribution in [3.8, 4) is 0 Å². The highest BCUT2D eigenvalue weighted by molar-refractivity contribution is 6.35. The molecule has 186 valence electrons. The summed E-state index contributed by atoms with van der Waals surface area (Å²) in [6, 6.07) is 7.34. The zero-order valence-electron chi connectivity index (χ0n) is 20.6. The Morgan fingerprint density at radius 3 is 2.60 bits per heavy atom. The molecule has 0 aliphatic heterocycles. The minimum Gasteiger partial charge on any atom is -0.444 e. The van der Waals surface area contributed by atoms with Crippen molar-refractivity contribution in [3.63, 3.8) is 0 Å². The van der Waals surface area contributed by atoms with Gasteiger partial charge in [0.1, 0.15) is 11.4 Å². The SMILES string of the molecule is CC(CNC(=O)OC(C)(C)C)c1nc2c(c(=O)n(Cc3cc4c(Cl)cccc4[nH]3)c(=O)n2C)n1C. The first-order valence-electron chi connectivity index (χ1n) is 11.3. The third-order valence-electron chi connectivity index (χ3n) is 5.78. The molecule has 3 aromatic heterocycles. The lowest BCUT2D eigenvalue weighted by Gasteiger charge is -2.20. The molecule has 0 fully saturated rings. The fraction of sp³-hybridized carbons (Fsp3) is 0.417. The molecule has 0 radical (unpaired) electrons. The van der Waals surface area contributed by atoms with Gasteiger partial charge < -0.3 is 19.6 Å². The van der Waals surface area contributed by atoms with E-state index >= 15 is 0 Å². The molecule has 10 nitrogen and oxygen atoms in total. The fourth-order valence-electron chi connectivity index (χ4n) is 4.11. The maximum atomic E-state index is 13.4. The van der Waals surface area contributed by atoms with Gasteiger partial charge in [-0.25, -0.2) is 14.6 Å². The minimum absolute atomic E-state index is 0.0583. The van der Waals surface area contributed by atoms with Gasteiger partial charge in [-0.2, -0.15) is 0 Å². The molecule has 35 heavy (non-hydrogen) atoms. The smallest absolute Gasteiger partial charge is 0.407 e. The van der Waals surface area contributed by atoms with Crippen LogP contribution in [0.25, 0.3) is 22.1 Å². The molecule has 1 aromatic carbocycles. The number of aromatic amines is 1. The first-order chi connectivity index (χ1) is 16.4. The van der Waals surface area contributed by atoms with Crippen LogP contribution in [0.1, 0.15) is 45.1 Å². The lowest BCUT2D eigenvalue weighted by atomic mass is 10.1. The van der Waals surface area contributed by atoms with Crippen LogP contribution in [0.4, 0.5) is 4.79 Å². The number of nitrogens with one attached hydrogen (secondary N) is 2. The van der Waals surface area contributed by atoms with Crippen molar-refractivity contribution in [2.45, 2.75) is 45.8 Å². The van der Waals surface area contributed by atoms with Gasteiger partial charge in [0.15, 0.2) is 11.2 Å². The largest absolute Gasteiger partial charge is 0.444 e. The topological polar surface area (TPSA) is 116 Å². The van der Waals surface area contributed by atoms with E-state index in [-0.39, 0.29) is 24.7 Å². The lowest BCUT2D eigenvalue weighted by molar-refractivity contribution is 0.0524. The summed E-state index contributed by atoms with van der Waals surface area (Å²) in [5.74, 6) is 0.331. The lowest BCUT2D eigenvalue weighted by Crippen LogP contribution is -2.39.